The fraction of sp³-hybridized carbons (Fsp3) is 0.273. The van der Waals surface area contributed by atoms with Crippen LogP contribution in [-0.2, 0) is 23.5 Å². The third-order valence-corrected chi connectivity index (χ3v) is 7.66. The Kier molecular flexibility index (Phi) is 9.52. The van der Waals surface area contributed by atoms with Crippen LogP contribution in [0.15, 0.2) is 60.7 Å². The molecule has 252 valence electrons. The highest BCUT2D eigenvalue weighted by Gasteiger charge is 2.47. The maximum absolute atomic E-state index is 14.8. The molecule has 2 heterocycles. The molecule has 0 saturated carbocycles. The molecule has 1 aromatic heterocycles. The molecule has 0 fully saturated rings. The van der Waals surface area contributed by atoms with Crippen LogP contribution in [0.1, 0.15) is 40.5 Å². The number of anilines is 2. The smallest absolute Gasteiger partial charge is 0.392 e. The normalized spacial score (nSPS) is 13.9. The van der Waals surface area contributed by atoms with Gasteiger partial charge in [0.2, 0.25) is 0 Å². The van der Waals surface area contributed by atoms with E-state index in [0.717, 1.165) is 24.3 Å². The lowest BCUT2D eigenvalue weighted by Crippen LogP contribution is -2.47. The molecule has 0 bridgehead atoms. The molecule has 5 rings (SSSR count). The Morgan fingerprint density at radius 3 is 2.27 bits per heavy atom. The number of aromatic nitrogens is 2. The number of ether oxygens (including phenoxy) is 2. The van der Waals surface area contributed by atoms with Gasteiger partial charge >= 0.3 is 6.18 Å². The van der Waals surface area contributed by atoms with Gasteiger partial charge in [0, 0.05) is 23.9 Å². The SMILES string of the molecule is CCNC(=O)C(O)(CC(F)(F)F)c1ccc(Nc2nc(-c3c(F)cccc3F)nc3c2C(=O)N(Cc2ccc(OC)cc2OC)C3)cc1. The minimum atomic E-state index is -4.88. The summed E-state index contributed by atoms with van der Waals surface area (Å²) in [5.41, 5.74) is -2.81. The van der Waals surface area contributed by atoms with Gasteiger partial charge in [-0.15, -0.1) is 0 Å². The fourth-order valence-corrected chi connectivity index (χ4v) is 5.36. The van der Waals surface area contributed by atoms with Crippen molar-refractivity contribution in [2.75, 3.05) is 26.1 Å². The Bertz CT molecular complexity index is 1830. The number of carbonyl (C=O) groups excluding carboxylic acids is 2. The van der Waals surface area contributed by atoms with Gasteiger partial charge < -0.3 is 30.1 Å². The molecule has 4 aromatic rings. The Balaban J connectivity index is 1.53. The second-order valence-electron chi connectivity index (χ2n) is 10.9. The molecular formula is C33H30F5N5O5. The topological polar surface area (TPSA) is 126 Å². The lowest BCUT2D eigenvalue weighted by Gasteiger charge is -2.28. The first-order valence-electron chi connectivity index (χ1n) is 14.6. The molecule has 10 nitrogen and oxygen atoms in total. The molecule has 15 heteroatoms. The van der Waals surface area contributed by atoms with E-state index in [1.165, 1.54) is 44.2 Å². The van der Waals surface area contributed by atoms with Crippen LogP contribution in [0.3, 0.4) is 0 Å². The minimum Gasteiger partial charge on any atom is -0.497 e. The quantitative estimate of drug-likeness (QED) is 0.176. The molecule has 0 saturated heterocycles. The molecule has 1 atom stereocenters. The van der Waals surface area contributed by atoms with E-state index in [1.807, 2.05) is 0 Å². The van der Waals surface area contributed by atoms with Crippen LogP contribution in [0.2, 0.25) is 0 Å². The largest absolute Gasteiger partial charge is 0.497 e. The van der Waals surface area contributed by atoms with E-state index in [0.29, 0.717) is 17.1 Å². The number of hydrogen-bond acceptors (Lipinski definition) is 8. The van der Waals surface area contributed by atoms with Crippen LogP contribution in [0, 0.1) is 11.6 Å². The lowest BCUT2D eigenvalue weighted by molar-refractivity contribution is -0.186. The molecule has 3 N–H and O–H groups in total. The number of aliphatic hydroxyl groups is 1. The van der Waals surface area contributed by atoms with Gasteiger partial charge in [0.05, 0.1) is 45.0 Å². The number of fused-ring (bicyclic) bond motifs is 1. The first-order chi connectivity index (χ1) is 22.8. The molecule has 48 heavy (non-hydrogen) atoms. The van der Waals surface area contributed by atoms with E-state index in [4.69, 9.17) is 9.47 Å². The van der Waals surface area contributed by atoms with Gasteiger partial charge in [0.1, 0.15) is 34.5 Å². The van der Waals surface area contributed by atoms with E-state index >= 15 is 0 Å². The van der Waals surface area contributed by atoms with E-state index in [9.17, 15) is 36.6 Å². The Labute approximate surface area is 271 Å². The predicted molar refractivity (Wildman–Crippen MR) is 163 cm³/mol. The summed E-state index contributed by atoms with van der Waals surface area (Å²) in [5.74, 6) is -3.12. The van der Waals surface area contributed by atoms with Crippen LogP contribution in [0.25, 0.3) is 11.4 Å². The fourth-order valence-electron chi connectivity index (χ4n) is 5.36. The summed E-state index contributed by atoms with van der Waals surface area (Å²) in [4.78, 5) is 36.4. The van der Waals surface area contributed by atoms with Crippen LogP contribution in [0.5, 0.6) is 11.5 Å². The summed E-state index contributed by atoms with van der Waals surface area (Å²) in [6.45, 7) is 1.49. The second kappa shape index (κ2) is 13.4. The first-order valence-corrected chi connectivity index (χ1v) is 14.6. The average Bonchev–Trinajstić information content (AvgIpc) is 3.35. The summed E-state index contributed by atoms with van der Waals surface area (Å²) in [7, 11) is 2.96. The Morgan fingerprint density at radius 2 is 1.67 bits per heavy atom. The van der Waals surface area contributed by atoms with Crippen molar-refractivity contribution in [1.82, 2.24) is 20.2 Å². The number of nitrogens with one attached hydrogen (secondary N) is 2. The monoisotopic (exact) mass is 671 g/mol. The van der Waals surface area contributed by atoms with Gasteiger partial charge in [-0.3, -0.25) is 9.59 Å². The third kappa shape index (κ3) is 6.86. The van der Waals surface area contributed by atoms with Crippen molar-refractivity contribution in [2.24, 2.45) is 0 Å². The summed E-state index contributed by atoms with van der Waals surface area (Å²) in [5, 5.41) is 16.0. The number of benzene rings is 3. The van der Waals surface area contributed by atoms with E-state index in [1.54, 1.807) is 18.2 Å². The molecule has 1 aliphatic heterocycles. The van der Waals surface area contributed by atoms with Gasteiger partial charge in [-0.05, 0) is 48.9 Å². The van der Waals surface area contributed by atoms with Gasteiger partial charge in [-0.2, -0.15) is 13.2 Å². The van der Waals surface area contributed by atoms with Crippen molar-refractivity contribution < 1.29 is 46.1 Å². The zero-order chi connectivity index (χ0) is 34.8. The van der Waals surface area contributed by atoms with E-state index in [-0.39, 0.29) is 53.8 Å². The number of amides is 2. The standard InChI is InChI=1S/C33H30F5N5O5/c1-4-39-31(45)32(46,17-33(36,37)38)19-9-11-20(12-10-19)40-29-27-24(41-28(42-29)26-22(34)6-5-7-23(26)35)16-43(30(27)44)15-18-8-13-21(47-2)14-25(18)48-3/h5-14,46H,4,15-17H2,1-3H3,(H,39,45)(H,40,41,42). The van der Waals surface area contributed by atoms with Gasteiger partial charge in [0.15, 0.2) is 11.4 Å². The zero-order valence-electron chi connectivity index (χ0n) is 25.9. The average molecular weight is 672 g/mol. The summed E-state index contributed by atoms with van der Waals surface area (Å²) < 4.78 is 80.5. The highest BCUT2D eigenvalue weighted by atomic mass is 19.4. The number of nitrogens with zero attached hydrogens (tertiary/aromatic N) is 3. The first kappa shape index (κ1) is 34.0. The molecule has 1 aliphatic rings. The molecule has 0 spiro atoms. The predicted octanol–water partition coefficient (Wildman–Crippen LogP) is 5.61. The Hall–Kier alpha value is -5.31. The van der Waals surface area contributed by atoms with Crippen molar-refractivity contribution in [3.63, 3.8) is 0 Å². The Morgan fingerprint density at radius 1 is 0.979 bits per heavy atom. The number of halogens is 5. The summed E-state index contributed by atoms with van der Waals surface area (Å²) >= 11 is 0. The minimum absolute atomic E-state index is 0.00273. The molecule has 2 amide bonds. The maximum atomic E-state index is 14.8. The molecular weight excluding hydrogens is 641 g/mol. The van der Waals surface area contributed by atoms with E-state index < -0.39 is 47.2 Å². The van der Waals surface area contributed by atoms with Crippen molar-refractivity contribution in [3.05, 3.63) is 94.7 Å². The van der Waals surface area contributed by atoms with Crippen LogP contribution in [-0.4, -0.2) is 58.7 Å². The maximum Gasteiger partial charge on any atom is 0.392 e. The molecule has 0 radical (unpaired) electrons. The highest BCUT2D eigenvalue weighted by molar-refractivity contribution is 6.03. The molecule has 3 aromatic carbocycles. The molecule has 1 unspecified atom stereocenters. The second-order valence-corrected chi connectivity index (χ2v) is 10.9. The number of hydrogen-bond donors (Lipinski definition) is 3. The van der Waals surface area contributed by atoms with Gasteiger partial charge in [0.25, 0.3) is 11.8 Å². The lowest BCUT2D eigenvalue weighted by atomic mass is 9.89. The summed E-state index contributed by atoms with van der Waals surface area (Å²) in [6.07, 6.45) is -6.71. The number of likely N-dealkylation sites (N-methyl/N-ethyl adjacent to an activating group) is 1. The van der Waals surface area contributed by atoms with Gasteiger partial charge in [-0.25, -0.2) is 18.7 Å². The van der Waals surface area contributed by atoms with Crippen LogP contribution in [0.4, 0.5) is 33.5 Å². The highest BCUT2D eigenvalue weighted by Crippen LogP contribution is 2.38. The van der Waals surface area contributed by atoms with Crippen molar-refractivity contribution in [3.8, 4) is 22.9 Å². The van der Waals surface area contributed by atoms with Gasteiger partial charge in [-0.1, -0.05) is 18.2 Å². The number of carbonyl (C=O) groups is 2. The van der Waals surface area contributed by atoms with Crippen molar-refractivity contribution in [2.45, 2.75) is 38.2 Å². The number of alkyl halides is 3. The van der Waals surface area contributed by atoms with Crippen molar-refractivity contribution >= 4 is 23.3 Å². The summed E-state index contributed by atoms with van der Waals surface area (Å²) in [6, 6.07) is 13.1. The van der Waals surface area contributed by atoms with Crippen LogP contribution >= 0.6 is 0 Å². The third-order valence-electron chi connectivity index (χ3n) is 7.66. The number of methoxy groups -OCH3 is 2. The van der Waals surface area contributed by atoms with Crippen molar-refractivity contribution in [1.29, 1.82) is 0 Å². The van der Waals surface area contributed by atoms with Crippen LogP contribution < -0.4 is 20.1 Å². The zero-order valence-corrected chi connectivity index (χ0v) is 25.9. The molecule has 0 aliphatic carbocycles. The number of rotatable bonds is 11. The van der Waals surface area contributed by atoms with E-state index in [2.05, 4.69) is 20.6 Å².